The minimum atomic E-state index is 0.146. The zero-order valence-electron chi connectivity index (χ0n) is 20.0. The van der Waals surface area contributed by atoms with E-state index in [9.17, 15) is 0 Å². The maximum atomic E-state index is 2.39. The lowest BCUT2D eigenvalue weighted by Crippen LogP contribution is -2.10. The summed E-state index contributed by atoms with van der Waals surface area (Å²) in [6, 6.07) is 42.3. The second kappa shape index (κ2) is 7.85. The van der Waals surface area contributed by atoms with Gasteiger partial charge in [0, 0.05) is 0 Å². The third-order valence-corrected chi connectivity index (χ3v) is 7.01. The van der Waals surface area contributed by atoms with E-state index in [0.717, 1.165) is 0 Å². The molecule has 0 aliphatic heterocycles. The molecule has 0 nitrogen and oxygen atoms in total. The average molecular weight is 437 g/mol. The van der Waals surface area contributed by atoms with E-state index in [0.29, 0.717) is 0 Å². The normalized spacial score (nSPS) is 12.0. The van der Waals surface area contributed by atoms with Gasteiger partial charge in [-0.15, -0.1) is 0 Å². The van der Waals surface area contributed by atoms with E-state index in [4.69, 9.17) is 0 Å². The first kappa shape index (κ1) is 20.7. The van der Waals surface area contributed by atoms with Crippen molar-refractivity contribution in [2.75, 3.05) is 0 Å². The van der Waals surface area contributed by atoms with Crippen molar-refractivity contribution >= 4 is 32.3 Å². The summed E-state index contributed by atoms with van der Waals surface area (Å²) in [5, 5.41) is 7.84. The summed E-state index contributed by atoms with van der Waals surface area (Å²) in [5.74, 6) is 0. The molecule has 0 fully saturated rings. The van der Waals surface area contributed by atoms with Crippen molar-refractivity contribution in [3.63, 3.8) is 0 Å². The minimum absolute atomic E-state index is 0.146. The number of hydrogen-bond donors (Lipinski definition) is 0. The molecular weight excluding hydrogens is 408 g/mol. The summed E-state index contributed by atoms with van der Waals surface area (Å²) in [5.41, 5.74) is 6.60. The van der Waals surface area contributed by atoms with E-state index in [2.05, 4.69) is 136 Å². The van der Waals surface area contributed by atoms with Gasteiger partial charge in [0.2, 0.25) is 0 Å². The van der Waals surface area contributed by atoms with Crippen LogP contribution in [0.15, 0.2) is 115 Å². The predicted molar refractivity (Wildman–Crippen MR) is 149 cm³/mol. The molecule has 0 aromatic heterocycles. The molecule has 0 spiro atoms. The first-order valence-corrected chi connectivity index (χ1v) is 12.0. The summed E-state index contributed by atoms with van der Waals surface area (Å²) in [7, 11) is 0. The molecule has 0 saturated carbocycles. The lowest BCUT2D eigenvalue weighted by Gasteiger charge is -2.20. The fourth-order valence-electron chi connectivity index (χ4n) is 5.23. The van der Waals surface area contributed by atoms with Crippen LogP contribution in [-0.2, 0) is 5.41 Å². The van der Waals surface area contributed by atoms with Crippen LogP contribution in [-0.4, -0.2) is 0 Å². The largest absolute Gasteiger partial charge is 0.0622 e. The van der Waals surface area contributed by atoms with Gasteiger partial charge < -0.3 is 0 Å². The molecule has 34 heavy (non-hydrogen) atoms. The van der Waals surface area contributed by atoms with Crippen LogP contribution in [0.4, 0.5) is 0 Å². The lowest BCUT2D eigenvalue weighted by atomic mass is 9.85. The van der Waals surface area contributed by atoms with Crippen LogP contribution >= 0.6 is 0 Å². The number of rotatable bonds is 2. The van der Waals surface area contributed by atoms with Crippen molar-refractivity contribution in [1.29, 1.82) is 0 Å². The van der Waals surface area contributed by atoms with E-state index in [1.807, 2.05) is 0 Å². The Morgan fingerprint density at radius 2 is 0.882 bits per heavy atom. The van der Waals surface area contributed by atoms with E-state index in [-0.39, 0.29) is 5.41 Å². The quantitative estimate of drug-likeness (QED) is 0.237. The van der Waals surface area contributed by atoms with E-state index in [1.165, 1.54) is 60.1 Å². The molecule has 0 radical (unpaired) electrons. The maximum Gasteiger partial charge on any atom is -0.00259 e. The smallest absolute Gasteiger partial charge is 0.00259 e. The topological polar surface area (TPSA) is 0 Å². The molecule has 0 heteroatoms. The molecule has 0 saturated heterocycles. The first-order valence-electron chi connectivity index (χ1n) is 12.0. The summed E-state index contributed by atoms with van der Waals surface area (Å²) in [6.07, 6.45) is 0. The Morgan fingerprint density at radius 3 is 1.38 bits per heavy atom. The van der Waals surface area contributed by atoms with Gasteiger partial charge >= 0.3 is 0 Å². The number of benzene rings is 6. The molecule has 0 amide bonds. The lowest BCUT2D eigenvalue weighted by molar-refractivity contribution is 0.590. The minimum Gasteiger partial charge on any atom is -0.0622 e. The fraction of sp³-hybridized carbons (Fsp3) is 0.118. The fourth-order valence-corrected chi connectivity index (χ4v) is 5.23. The van der Waals surface area contributed by atoms with Gasteiger partial charge in [0.05, 0.1) is 0 Å². The molecule has 0 N–H and O–H groups in total. The van der Waals surface area contributed by atoms with Gasteiger partial charge in [-0.3, -0.25) is 0 Å². The zero-order valence-corrected chi connectivity index (χ0v) is 20.0. The number of hydrogen-bond acceptors (Lipinski definition) is 0. The van der Waals surface area contributed by atoms with Crippen LogP contribution < -0.4 is 0 Å². The Bertz CT molecular complexity index is 1650. The Kier molecular flexibility index (Phi) is 4.78. The molecule has 6 aromatic carbocycles. The van der Waals surface area contributed by atoms with E-state index in [1.54, 1.807) is 0 Å². The Labute approximate surface area is 201 Å². The van der Waals surface area contributed by atoms with Crippen LogP contribution in [0.1, 0.15) is 26.3 Å². The number of fused-ring (bicyclic) bond motifs is 5. The summed E-state index contributed by atoms with van der Waals surface area (Å²) < 4.78 is 0. The van der Waals surface area contributed by atoms with E-state index >= 15 is 0 Å². The highest BCUT2D eigenvalue weighted by Crippen LogP contribution is 2.42. The molecular formula is C34H28. The highest BCUT2D eigenvalue weighted by atomic mass is 14.2. The van der Waals surface area contributed by atoms with Crippen molar-refractivity contribution in [3.8, 4) is 22.3 Å². The second-order valence-electron chi connectivity index (χ2n) is 10.2. The molecule has 0 aliphatic rings. The van der Waals surface area contributed by atoms with Crippen molar-refractivity contribution < 1.29 is 0 Å². The molecule has 0 unspecified atom stereocenters. The molecule has 6 rings (SSSR count). The van der Waals surface area contributed by atoms with Gasteiger partial charge in [0.25, 0.3) is 0 Å². The van der Waals surface area contributed by atoms with Crippen LogP contribution in [0.2, 0.25) is 0 Å². The van der Waals surface area contributed by atoms with Gasteiger partial charge in [-0.05, 0) is 77.7 Å². The molecule has 0 atom stereocenters. The van der Waals surface area contributed by atoms with E-state index < -0.39 is 0 Å². The Balaban J connectivity index is 1.70. The SMILES string of the molecule is CC(C)(C)c1ccc(-c2cc3cc(-c4ccccc4)c4ccccc4c3c3ccccc23)cc1. The van der Waals surface area contributed by atoms with Crippen molar-refractivity contribution in [1.82, 2.24) is 0 Å². The van der Waals surface area contributed by atoms with Crippen LogP contribution in [0.3, 0.4) is 0 Å². The molecule has 6 aromatic rings. The zero-order chi connectivity index (χ0) is 23.3. The van der Waals surface area contributed by atoms with Gasteiger partial charge in [-0.25, -0.2) is 0 Å². The van der Waals surface area contributed by atoms with Crippen molar-refractivity contribution in [3.05, 3.63) is 121 Å². The molecule has 164 valence electrons. The van der Waals surface area contributed by atoms with Crippen LogP contribution in [0.5, 0.6) is 0 Å². The third kappa shape index (κ3) is 3.38. The molecule has 0 heterocycles. The Hall–Kier alpha value is -3.90. The van der Waals surface area contributed by atoms with Crippen LogP contribution in [0, 0.1) is 0 Å². The van der Waals surface area contributed by atoms with Crippen molar-refractivity contribution in [2.24, 2.45) is 0 Å². The average Bonchev–Trinajstić information content (AvgIpc) is 2.87. The molecule has 0 aliphatic carbocycles. The van der Waals surface area contributed by atoms with Crippen LogP contribution in [0.25, 0.3) is 54.6 Å². The standard InChI is InChI=1S/C34H28/c1-34(2,3)26-19-17-24(18-20-26)32-22-25-21-31(23-11-5-4-6-12-23)27-13-7-9-15-29(27)33(25)30-16-10-8-14-28(30)32/h4-22H,1-3H3. The first-order chi connectivity index (χ1) is 16.5. The molecule has 0 bridgehead atoms. The maximum absolute atomic E-state index is 2.39. The summed E-state index contributed by atoms with van der Waals surface area (Å²) in [4.78, 5) is 0. The third-order valence-electron chi connectivity index (χ3n) is 7.01. The highest BCUT2D eigenvalue weighted by Gasteiger charge is 2.16. The highest BCUT2D eigenvalue weighted by molar-refractivity contribution is 6.25. The van der Waals surface area contributed by atoms with Gasteiger partial charge in [-0.2, -0.15) is 0 Å². The van der Waals surface area contributed by atoms with Crippen molar-refractivity contribution in [2.45, 2.75) is 26.2 Å². The van der Waals surface area contributed by atoms with Gasteiger partial charge in [0.1, 0.15) is 0 Å². The predicted octanol–water partition coefficient (Wildman–Crippen LogP) is 9.78. The Morgan fingerprint density at radius 1 is 0.441 bits per heavy atom. The van der Waals surface area contributed by atoms with Gasteiger partial charge in [0.15, 0.2) is 0 Å². The summed E-state index contributed by atoms with van der Waals surface area (Å²) >= 11 is 0. The summed E-state index contributed by atoms with van der Waals surface area (Å²) in [6.45, 7) is 6.80. The second-order valence-corrected chi connectivity index (χ2v) is 10.2. The van der Waals surface area contributed by atoms with Gasteiger partial charge in [-0.1, -0.05) is 124 Å². The monoisotopic (exact) mass is 436 g/mol.